The number of likely N-dealkylation sites (tertiary alicyclic amines) is 1. The maximum Gasteiger partial charge on any atom is 0.315 e. The summed E-state index contributed by atoms with van der Waals surface area (Å²) in [6.07, 6.45) is 6.70. The van der Waals surface area contributed by atoms with Gasteiger partial charge in [-0.15, -0.1) is 0 Å². The highest BCUT2D eigenvalue weighted by Crippen LogP contribution is 2.26. The second-order valence-electron chi connectivity index (χ2n) is 6.92. The molecule has 0 radical (unpaired) electrons. The summed E-state index contributed by atoms with van der Waals surface area (Å²) in [6.45, 7) is 6.61. The van der Waals surface area contributed by atoms with Gasteiger partial charge in [-0.05, 0) is 31.6 Å². The van der Waals surface area contributed by atoms with Crippen LogP contribution in [-0.2, 0) is 0 Å². The minimum absolute atomic E-state index is 0.0933. The topological polar surface area (TPSA) is 64.6 Å². The van der Waals surface area contributed by atoms with E-state index in [0.717, 1.165) is 25.6 Å². The van der Waals surface area contributed by atoms with Crippen LogP contribution in [0.25, 0.3) is 0 Å². The van der Waals surface area contributed by atoms with Gasteiger partial charge in [0.05, 0.1) is 6.10 Å². The number of amides is 2. The molecule has 1 aliphatic carbocycles. The zero-order chi connectivity index (χ0) is 15.2. The van der Waals surface area contributed by atoms with Crippen molar-refractivity contribution in [2.45, 2.75) is 70.6 Å². The summed E-state index contributed by atoms with van der Waals surface area (Å²) in [5.74, 6) is 0.240. The van der Waals surface area contributed by atoms with Crippen LogP contribution in [0.5, 0.6) is 0 Å². The van der Waals surface area contributed by atoms with Gasteiger partial charge in [0, 0.05) is 31.7 Å². The highest BCUT2D eigenvalue weighted by Gasteiger charge is 2.30. The maximum absolute atomic E-state index is 11.9. The van der Waals surface area contributed by atoms with Crippen LogP contribution >= 0.6 is 0 Å². The lowest BCUT2D eigenvalue weighted by atomic mass is 10.0. The normalized spacial score (nSPS) is 25.4. The molecule has 0 aromatic rings. The van der Waals surface area contributed by atoms with Crippen LogP contribution in [0.3, 0.4) is 0 Å². The molecule has 1 heterocycles. The van der Waals surface area contributed by atoms with Gasteiger partial charge in [-0.1, -0.05) is 26.7 Å². The molecular formula is C16H31N3O2. The Bertz CT molecular complexity index is 329. The molecule has 1 aliphatic heterocycles. The molecule has 2 fully saturated rings. The Morgan fingerprint density at radius 1 is 1.29 bits per heavy atom. The molecule has 0 aromatic carbocycles. The van der Waals surface area contributed by atoms with E-state index in [1.165, 1.54) is 25.7 Å². The summed E-state index contributed by atoms with van der Waals surface area (Å²) in [7, 11) is 0. The van der Waals surface area contributed by atoms with Crippen molar-refractivity contribution in [2.75, 3.05) is 19.6 Å². The third-order valence-electron chi connectivity index (χ3n) is 4.89. The molecule has 3 N–H and O–H groups in total. The van der Waals surface area contributed by atoms with Gasteiger partial charge in [-0.2, -0.15) is 0 Å². The van der Waals surface area contributed by atoms with Crippen LogP contribution in [-0.4, -0.2) is 53.9 Å². The molecule has 2 atom stereocenters. The van der Waals surface area contributed by atoms with E-state index in [-0.39, 0.29) is 24.1 Å². The van der Waals surface area contributed by atoms with E-state index in [2.05, 4.69) is 15.5 Å². The van der Waals surface area contributed by atoms with Crippen molar-refractivity contribution in [3.8, 4) is 0 Å². The molecule has 5 heteroatoms. The van der Waals surface area contributed by atoms with Crippen LogP contribution in [0.1, 0.15) is 52.4 Å². The Balaban J connectivity index is 1.60. The standard InChI is InChI=1S/C16H31N3O2/c1-12(2)15(20)7-9-17-16(21)18-13-8-10-19(11-13)14-5-3-4-6-14/h12-15,20H,3-11H2,1-2H3,(H2,17,18,21). The fourth-order valence-corrected chi connectivity index (χ4v) is 3.41. The predicted molar refractivity (Wildman–Crippen MR) is 84.2 cm³/mol. The maximum atomic E-state index is 11.9. The first-order valence-corrected chi connectivity index (χ1v) is 8.52. The summed E-state index contributed by atoms with van der Waals surface area (Å²) >= 11 is 0. The molecule has 122 valence electrons. The largest absolute Gasteiger partial charge is 0.393 e. The Hall–Kier alpha value is -0.810. The number of aliphatic hydroxyl groups is 1. The van der Waals surface area contributed by atoms with Crippen LogP contribution in [0.2, 0.25) is 0 Å². The monoisotopic (exact) mass is 297 g/mol. The summed E-state index contributed by atoms with van der Waals surface area (Å²) in [4.78, 5) is 14.4. The Labute approximate surface area is 128 Å². The lowest BCUT2D eigenvalue weighted by Crippen LogP contribution is -2.44. The number of urea groups is 1. The van der Waals surface area contributed by atoms with Crippen LogP contribution in [0.15, 0.2) is 0 Å². The van der Waals surface area contributed by atoms with Gasteiger partial charge in [0.2, 0.25) is 0 Å². The van der Waals surface area contributed by atoms with Gasteiger partial charge < -0.3 is 15.7 Å². The molecule has 2 aliphatic rings. The van der Waals surface area contributed by atoms with Crippen LogP contribution in [0, 0.1) is 5.92 Å². The van der Waals surface area contributed by atoms with E-state index in [9.17, 15) is 9.90 Å². The molecular weight excluding hydrogens is 266 g/mol. The van der Waals surface area contributed by atoms with Crippen LogP contribution < -0.4 is 10.6 Å². The van der Waals surface area contributed by atoms with Gasteiger partial charge in [0.15, 0.2) is 0 Å². The molecule has 0 aromatic heterocycles. The van der Waals surface area contributed by atoms with Gasteiger partial charge in [-0.25, -0.2) is 4.79 Å². The van der Waals surface area contributed by atoms with Crippen molar-refractivity contribution in [2.24, 2.45) is 5.92 Å². The first-order valence-electron chi connectivity index (χ1n) is 8.52. The van der Waals surface area contributed by atoms with E-state index in [1.807, 2.05) is 13.8 Å². The van der Waals surface area contributed by atoms with Gasteiger partial charge in [0.1, 0.15) is 0 Å². The number of nitrogens with one attached hydrogen (secondary N) is 2. The van der Waals surface area contributed by atoms with Crippen LogP contribution in [0.4, 0.5) is 4.79 Å². The summed E-state index contributed by atoms with van der Waals surface area (Å²) in [5.41, 5.74) is 0. The predicted octanol–water partition coefficient (Wildman–Crippen LogP) is 1.71. The number of carbonyl (C=O) groups excluding carboxylic acids is 1. The fraction of sp³-hybridized carbons (Fsp3) is 0.938. The number of hydrogen-bond acceptors (Lipinski definition) is 3. The number of hydrogen-bond donors (Lipinski definition) is 3. The second-order valence-corrected chi connectivity index (χ2v) is 6.92. The van der Waals surface area contributed by atoms with Gasteiger partial charge in [0.25, 0.3) is 0 Å². The zero-order valence-electron chi connectivity index (χ0n) is 13.5. The number of rotatable bonds is 6. The molecule has 1 saturated heterocycles. The van der Waals surface area contributed by atoms with Crippen molar-refractivity contribution in [1.29, 1.82) is 0 Å². The Morgan fingerprint density at radius 3 is 2.67 bits per heavy atom. The smallest absolute Gasteiger partial charge is 0.315 e. The minimum Gasteiger partial charge on any atom is -0.393 e. The summed E-state index contributed by atoms with van der Waals surface area (Å²) in [5, 5.41) is 15.6. The van der Waals surface area contributed by atoms with Crippen molar-refractivity contribution < 1.29 is 9.90 Å². The quantitative estimate of drug-likeness (QED) is 0.699. The first kappa shape index (κ1) is 16.6. The van der Waals surface area contributed by atoms with E-state index >= 15 is 0 Å². The highest BCUT2D eigenvalue weighted by molar-refractivity contribution is 5.74. The molecule has 2 unspecified atom stereocenters. The van der Waals surface area contributed by atoms with Gasteiger partial charge >= 0.3 is 6.03 Å². The van der Waals surface area contributed by atoms with Crippen molar-refractivity contribution in [1.82, 2.24) is 15.5 Å². The highest BCUT2D eigenvalue weighted by atomic mass is 16.3. The third-order valence-corrected chi connectivity index (χ3v) is 4.89. The van der Waals surface area contributed by atoms with E-state index in [4.69, 9.17) is 0 Å². The third kappa shape index (κ3) is 5.15. The molecule has 2 rings (SSSR count). The summed E-state index contributed by atoms with van der Waals surface area (Å²) in [6, 6.07) is 0.936. The first-order chi connectivity index (χ1) is 10.1. The van der Waals surface area contributed by atoms with E-state index in [1.54, 1.807) is 0 Å². The lowest BCUT2D eigenvalue weighted by Gasteiger charge is -2.23. The van der Waals surface area contributed by atoms with Crippen molar-refractivity contribution in [3.63, 3.8) is 0 Å². The summed E-state index contributed by atoms with van der Waals surface area (Å²) < 4.78 is 0. The number of nitrogens with zero attached hydrogens (tertiary/aromatic N) is 1. The van der Waals surface area contributed by atoms with E-state index in [0.29, 0.717) is 13.0 Å². The van der Waals surface area contributed by atoms with E-state index < -0.39 is 0 Å². The average Bonchev–Trinajstić information content (AvgIpc) is 3.08. The molecule has 2 amide bonds. The average molecular weight is 297 g/mol. The number of carbonyl (C=O) groups is 1. The zero-order valence-corrected chi connectivity index (χ0v) is 13.5. The minimum atomic E-state index is -0.338. The lowest BCUT2D eigenvalue weighted by molar-refractivity contribution is 0.116. The second kappa shape index (κ2) is 7.99. The van der Waals surface area contributed by atoms with Gasteiger partial charge in [-0.3, -0.25) is 4.90 Å². The molecule has 5 nitrogen and oxygen atoms in total. The van der Waals surface area contributed by atoms with Crippen molar-refractivity contribution in [3.05, 3.63) is 0 Å². The molecule has 1 saturated carbocycles. The van der Waals surface area contributed by atoms with Crippen molar-refractivity contribution >= 4 is 6.03 Å². The SMILES string of the molecule is CC(C)C(O)CCNC(=O)NC1CCN(C2CCCC2)C1. The fourth-order valence-electron chi connectivity index (χ4n) is 3.41. The molecule has 21 heavy (non-hydrogen) atoms. The molecule has 0 spiro atoms. The Kier molecular flexibility index (Phi) is 6.30. The molecule has 0 bridgehead atoms. The Morgan fingerprint density at radius 2 is 2.00 bits per heavy atom. The number of aliphatic hydroxyl groups excluding tert-OH is 1.